The fraction of sp³-hybridized carbons (Fsp3) is 0.316. The number of carbonyl (C=O) groups is 2. The van der Waals surface area contributed by atoms with E-state index in [4.69, 9.17) is 16.3 Å². The molecule has 2 aromatic rings. The molecule has 1 N–H and O–H groups in total. The molecule has 0 saturated carbocycles. The standard InChI is InChI=1S/C19H20ClFN2O3/c1-19(2,3)26-18(25)23-16(11-24)15-8-7-12(10-22-15)9-13-5-4-6-14(20)17(13)21/h4-8,10-11,16H,9H2,1-3H3,(H,23,25). The second-order valence-corrected chi connectivity index (χ2v) is 7.15. The van der Waals surface area contributed by atoms with Gasteiger partial charge in [0.05, 0.1) is 10.7 Å². The molecule has 1 amide bonds. The number of hydrogen-bond acceptors (Lipinski definition) is 4. The highest BCUT2D eigenvalue weighted by Gasteiger charge is 2.21. The summed E-state index contributed by atoms with van der Waals surface area (Å²) in [7, 11) is 0. The number of alkyl carbamates (subject to hydrolysis) is 1. The predicted molar refractivity (Wildman–Crippen MR) is 96.6 cm³/mol. The summed E-state index contributed by atoms with van der Waals surface area (Å²) >= 11 is 5.78. The van der Waals surface area contributed by atoms with Crippen molar-refractivity contribution in [1.82, 2.24) is 10.3 Å². The second-order valence-electron chi connectivity index (χ2n) is 6.74. The third-order valence-electron chi connectivity index (χ3n) is 3.40. The van der Waals surface area contributed by atoms with Crippen LogP contribution >= 0.6 is 11.6 Å². The molecule has 1 aromatic carbocycles. The van der Waals surface area contributed by atoms with Gasteiger partial charge in [-0.15, -0.1) is 0 Å². The van der Waals surface area contributed by atoms with E-state index in [9.17, 15) is 14.0 Å². The summed E-state index contributed by atoms with van der Waals surface area (Å²) in [6.45, 7) is 5.18. The first-order valence-corrected chi connectivity index (χ1v) is 8.40. The molecule has 138 valence electrons. The molecule has 2 rings (SSSR count). The molecule has 0 aliphatic carbocycles. The minimum atomic E-state index is -0.929. The van der Waals surface area contributed by atoms with Crippen LogP contribution in [0.2, 0.25) is 5.02 Å². The number of ether oxygens (including phenoxy) is 1. The maximum atomic E-state index is 14.0. The highest BCUT2D eigenvalue weighted by molar-refractivity contribution is 6.30. The Morgan fingerprint density at radius 2 is 2.08 bits per heavy atom. The Hall–Kier alpha value is -2.47. The molecule has 0 radical (unpaired) electrons. The van der Waals surface area contributed by atoms with Crippen LogP contribution in [-0.2, 0) is 16.0 Å². The monoisotopic (exact) mass is 378 g/mol. The van der Waals surface area contributed by atoms with Crippen molar-refractivity contribution in [3.63, 3.8) is 0 Å². The van der Waals surface area contributed by atoms with E-state index in [-0.39, 0.29) is 5.02 Å². The summed E-state index contributed by atoms with van der Waals surface area (Å²) in [6, 6.07) is 7.20. The van der Waals surface area contributed by atoms with E-state index in [0.717, 1.165) is 5.56 Å². The van der Waals surface area contributed by atoms with Crippen LogP contribution in [0.3, 0.4) is 0 Å². The van der Waals surface area contributed by atoms with E-state index in [0.29, 0.717) is 24.0 Å². The van der Waals surface area contributed by atoms with Crippen LogP contribution < -0.4 is 5.32 Å². The van der Waals surface area contributed by atoms with Crippen LogP contribution in [0.25, 0.3) is 0 Å². The van der Waals surface area contributed by atoms with E-state index in [1.54, 1.807) is 45.0 Å². The zero-order valence-electron chi connectivity index (χ0n) is 14.8. The van der Waals surface area contributed by atoms with Crippen LogP contribution in [0.15, 0.2) is 36.5 Å². The number of aromatic nitrogens is 1. The Labute approximate surface area is 156 Å². The van der Waals surface area contributed by atoms with Gasteiger partial charge < -0.3 is 14.8 Å². The zero-order chi connectivity index (χ0) is 19.3. The molecule has 0 aliphatic rings. The number of benzene rings is 1. The first-order valence-electron chi connectivity index (χ1n) is 8.02. The van der Waals surface area contributed by atoms with Gasteiger partial charge in [0.2, 0.25) is 0 Å². The smallest absolute Gasteiger partial charge is 0.408 e. The molecule has 5 nitrogen and oxygen atoms in total. The third-order valence-corrected chi connectivity index (χ3v) is 3.69. The van der Waals surface area contributed by atoms with Gasteiger partial charge in [-0.1, -0.05) is 29.8 Å². The lowest BCUT2D eigenvalue weighted by atomic mass is 10.1. The summed E-state index contributed by atoms with van der Waals surface area (Å²) in [6.07, 6.45) is 1.71. The van der Waals surface area contributed by atoms with E-state index < -0.39 is 23.6 Å². The Kier molecular flexibility index (Phi) is 6.32. The number of amides is 1. The van der Waals surface area contributed by atoms with Crippen molar-refractivity contribution in [3.8, 4) is 0 Å². The van der Waals surface area contributed by atoms with E-state index >= 15 is 0 Å². The lowest BCUT2D eigenvalue weighted by Crippen LogP contribution is -2.35. The number of rotatable bonds is 5. The second kappa shape index (κ2) is 8.27. The number of aldehydes is 1. The van der Waals surface area contributed by atoms with Crippen molar-refractivity contribution in [3.05, 3.63) is 64.2 Å². The van der Waals surface area contributed by atoms with Crippen LogP contribution in [0.4, 0.5) is 9.18 Å². The zero-order valence-corrected chi connectivity index (χ0v) is 15.5. The molecule has 1 aromatic heterocycles. The van der Waals surface area contributed by atoms with Gasteiger partial charge in [0.1, 0.15) is 23.7 Å². The summed E-state index contributed by atoms with van der Waals surface area (Å²) in [5, 5.41) is 2.52. The number of hydrogen-bond donors (Lipinski definition) is 1. The van der Waals surface area contributed by atoms with Crippen molar-refractivity contribution in [1.29, 1.82) is 0 Å². The maximum absolute atomic E-state index is 14.0. The lowest BCUT2D eigenvalue weighted by molar-refractivity contribution is -0.109. The normalized spacial score (nSPS) is 12.3. The molecule has 1 heterocycles. The third kappa shape index (κ3) is 5.52. The summed E-state index contributed by atoms with van der Waals surface area (Å²) in [5.41, 5.74) is 0.888. The average Bonchev–Trinajstić information content (AvgIpc) is 2.56. The van der Waals surface area contributed by atoms with Gasteiger partial charge in [-0.2, -0.15) is 0 Å². The number of nitrogens with one attached hydrogen (secondary N) is 1. The van der Waals surface area contributed by atoms with Crippen molar-refractivity contribution in [2.24, 2.45) is 0 Å². The molecule has 0 fully saturated rings. The first-order chi connectivity index (χ1) is 12.2. The molecular weight excluding hydrogens is 359 g/mol. The largest absolute Gasteiger partial charge is 0.444 e. The van der Waals surface area contributed by atoms with Gasteiger partial charge in [0.25, 0.3) is 0 Å². The summed E-state index contributed by atoms with van der Waals surface area (Å²) < 4.78 is 19.1. The molecule has 0 bridgehead atoms. The summed E-state index contributed by atoms with van der Waals surface area (Å²) in [4.78, 5) is 27.3. The minimum absolute atomic E-state index is 0.0645. The van der Waals surface area contributed by atoms with Gasteiger partial charge in [0.15, 0.2) is 0 Å². The minimum Gasteiger partial charge on any atom is -0.444 e. The Balaban J connectivity index is 2.08. The number of carbonyl (C=O) groups excluding carboxylic acids is 2. The Morgan fingerprint density at radius 1 is 1.35 bits per heavy atom. The number of halogens is 2. The van der Waals surface area contributed by atoms with E-state index in [1.165, 1.54) is 12.3 Å². The van der Waals surface area contributed by atoms with Gasteiger partial charge in [-0.25, -0.2) is 9.18 Å². The highest BCUT2D eigenvalue weighted by Crippen LogP contribution is 2.21. The van der Waals surface area contributed by atoms with E-state index in [2.05, 4.69) is 10.3 Å². The first kappa shape index (κ1) is 19.8. The lowest BCUT2D eigenvalue weighted by Gasteiger charge is -2.21. The average molecular weight is 379 g/mol. The summed E-state index contributed by atoms with van der Waals surface area (Å²) in [5.74, 6) is -0.462. The van der Waals surface area contributed by atoms with Crippen molar-refractivity contribution in [2.45, 2.75) is 38.8 Å². The quantitative estimate of drug-likeness (QED) is 0.790. The molecule has 7 heteroatoms. The molecule has 0 aliphatic heterocycles. The van der Waals surface area contributed by atoms with Gasteiger partial charge in [0, 0.05) is 12.6 Å². The van der Waals surface area contributed by atoms with Crippen molar-refractivity contribution < 1.29 is 18.7 Å². The molecule has 1 atom stereocenters. The van der Waals surface area contributed by atoms with Crippen LogP contribution in [-0.4, -0.2) is 23.0 Å². The Morgan fingerprint density at radius 3 is 2.65 bits per heavy atom. The molecule has 1 unspecified atom stereocenters. The molecular formula is C19H20ClFN2O3. The van der Waals surface area contributed by atoms with Crippen LogP contribution in [0.5, 0.6) is 0 Å². The number of pyridine rings is 1. The highest BCUT2D eigenvalue weighted by atomic mass is 35.5. The van der Waals surface area contributed by atoms with Crippen molar-refractivity contribution in [2.75, 3.05) is 0 Å². The van der Waals surface area contributed by atoms with Gasteiger partial charge >= 0.3 is 6.09 Å². The molecule has 0 spiro atoms. The fourth-order valence-corrected chi connectivity index (χ4v) is 2.44. The topological polar surface area (TPSA) is 68.3 Å². The van der Waals surface area contributed by atoms with Gasteiger partial charge in [-0.05, 0) is 44.0 Å². The molecule has 0 saturated heterocycles. The fourth-order valence-electron chi connectivity index (χ4n) is 2.24. The van der Waals surface area contributed by atoms with Crippen molar-refractivity contribution >= 4 is 24.0 Å². The SMILES string of the molecule is CC(C)(C)OC(=O)NC(C=O)c1ccc(Cc2cccc(Cl)c2F)cn1. The van der Waals surface area contributed by atoms with Crippen LogP contribution in [0.1, 0.15) is 43.6 Å². The Bertz CT molecular complexity index is 788. The van der Waals surface area contributed by atoms with Crippen LogP contribution in [0, 0.1) is 5.82 Å². The van der Waals surface area contributed by atoms with Gasteiger partial charge in [-0.3, -0.25) is 4.98 Å². The van der Waals surface area contributed by atoms with E-state index in [1.807, 2.05) is 0 Å². The molecule has 26 heavy (non-hydrogen) atoms. The maximum Gasteiger partial charge on any atom is 0.408 e. The number of nitrogens with zero attached hydrogens (tertiary/aromatic N) is 1. The predicted octanol–water partition coefficient (Wildman–Crippen LogP) is 4.23.